The fraction of sp³-hybridized carbons (Fsp3) is 0.250. The zero-order valence-corrected chi connectivity index (χ0v) is 13.0. The molecule has 4 nitrogen and oxygen atoms in total. The summed E-state index contributed by atoms with van der Waals surface area (Å²) in [5.41, 5.74) is 3.41. The normalized spacial score (nSPS) is 12.5. The van der Waals surface area contributed by atoms with Gasteiger partial charge in [-0.15, -0.1) is 11.3 Å². The number of benzene rings is 1. The van der Waals surface area contributed by atoms with Gasteiger partial charge in [0.05, 0.1) is 16.9 Å². The summed E-state index contributed by atoms with van der Waals surface area (Å²) >= 11 is 1.71. The summed E-state index contributed by atoms with van der Waals surface area (Å²) in [5, 5.41) is 10.8. The molecule has 2 aromatic heterocycles. The highest BCUT2D eigenvalue weighted by Crippen LogP contribution is 2.25. The van der Waals surface area contributed by atoms with Crippen LogP contribution in [0.5, 0.6) is 0 Å². The maximum Gasteiger partial charge on any atom is 0.0951 e. The van der Waals surface area contributed by atoms with Crippen molar-refractivity contribution in [3.8, 4) is 11.3 Å². The minimum absolute atomic E-state index is 0.244. The number of thiazole rings is 1. The highest BCUT2D eigenvalue weighted by molar-refractivity contribution is 7.09. The van der Waals surface area contributed by atoms with Gasteiger partial charge in [-0.05, 0) is 7.05 Å². The molecule has 0 radical (unpaired) electrons. The molecule has 0 saturated carbocycles. The van der Waals surface area contributed by atoms with E-state index in [1.54, 1.807) is 11.3 Å². The number of rotatable bonds is 5. The van der Waals surface area contributed by atoms with Gasteiger partial charge in [-0.25, -0.2) is 4.98 Å². The molecule has 3 rings (SSSR count). The molecule has 2 heterocycles. The smallest absolute Gasteiger partial charge is 0.0951 e. The topological polar surface area (TPSA) is 42.7 Å². The molecule has 1 aromatic carbocycles. The summed E-state index contributed by atoms with van der Waals surface area (Å²) in [5.74, 6) is 0. The standard InChI is InChI=1S/C16H18N4S/c1-17-14(13-9-18-20(2)10-13)8-16-19-15(11-21-16)12-6-4-3-5-7-12/h3-7,9-11,14,17H,8H2,1-2H3. The molecule has 5 heteroatoms. The highest BCUT2D eigenvalue weighted by Gasteiger charge is 2.14. The van der Waals surface area contributed by atoms with E-state index >= 15 is 0 Å². The van der Waals surface area contributed by atoms with Gasteiger partial charge in [0.25, 0.3) is 0 Å². The Morgan fingerprint density at radius 3 is 2.76 bits per heavy atom. The monoisotopic (exact) mass is 298 g/mol. The van der Waals surface area contributed by atoms with Crippen molar-refractivity contribution in [1.29, 1.82) is 0 Å². The third-order valence-electron chi connectivity index (χ3n) is 3.48. The van der Waals surface area contributed by atoms with Crippen LogP contribution in [-0.4, -0.2) is 21.8 Å². The molecule has 0 amide bonds. The second-order valence-corrected chi connectivity index (χ2v) is 5.93. The third kappa shape index (κ3) is 3.20. The van der Waals surface area contributed by atoms with Gasteiger partial charge in [-0.3, -0.25) is 4.68 Å². The van der Waals surface area contributed by atoms with E-state index in [1.807, 2.05) is 49.4 Å². The molecule has 1 unspecified atom stereocenters. The predicted octanol–water partition coefficient (Wildman–Crippen LogP) is 3.05. The molecule has 0 fully saturated rings. The Kier molecular flexibility index (Phi) is 4.13. The van der Waals surface area contributed by atoms with E-state index in [0.29, 0.717) is 0 Å². The Hall–Kier alpha value is -1.98. The Balaban J connectivity index is 1.77. The summed E-state index contributed by atoms with van der Waals surface area (Å²) in [6.45, 7) is 0. The predicted molar refractivity (Wildman–Crippen MR) is 86.3 cm³/mol. The van der Waals surface area contributed by atoms with Crippen molar-refractivity contribution >= 4 is 11.3 Å². The lowest BCUT2D eigenvalue weighted by Gasteiger charge is -2.12. The minimum atomic E-state index is 0.244. The third-order valence-corrected chi connectivity index (χ3v) is 4.35. The molecule has 1 atom stereocenters. The van der Waals surface area contributed by atoms with Crippen LogP contribution in [0.4, 0.5) is 0 Å². The molecule has 0 aliphatic carbocycles. The average molecular weight is 298 g/mol. The van der Waals surface area contributed by atoms with E-state index in [0.717, 1.165) is 17.1 Å². The van der Waals surface area contributed by atoms with Crippen molar-refractivity contribution < 1.29 is 0 Å². The lowest BCUT2D eigenvalue weighted by molar-refractivity contribution is 0.590. The van der Waals surface area contributed by atoms with E-state index in [4.69, 9.17) is 4.98 Å². The van der Waals surface area contributed by atoms with Crippen LogP contribution in [0.1, 0.15) is 16.6 Å². The van der Waals surface area contributed by atoms with Crippen LogP contribution in [0, 0.1) is 0 Å². The SMILES string of the molecule is CNC(Cc1nc(-c2ccccc2)cs1)c1cnn(C)c1. The number of hydrogen-bond acceptors (Lipinski definition) is 4. The molecule has 0 bridgehead atoms. The first kappa shape index (κ1) is 14.0. The Bertz CT molecular complexity index is 702. The Morgan fingerprint density at radius 2 is 2.10 bits per heavy atom. The van der Waals surface area contributed by atoms with E-state index in [9.17, 15) is 0 Å². The molecule has 21 heavy (non-hydrogen) atoms. The molecule has 1 N–H and O–H groups in total. The summed E-state index contributed by atoms with van der Waals surface area (Å²) in [4.78, 5) is 4.75. The molecule has 0 aliphatic rings. The molecule has 108 valence electrons. The second-order valence-electron chi connectivity index (χ2n) is 4.99. The second kappa shape index (κ2) is 6.20. The van der Waals surface area contributed by atoms with E-state index < -0.39 is 0 Å². The summed E-state index contributed by atoms with van der Waals surface area (Å²) < 4.78 is 1.83. The summed E-state index contributed by atoms with van der Waals surface area (Å²) in [6.07, 6.45) is 4.83. The zero-order chi connectivity index (χ0) is 14.7. The van der Waals surface area contributed by atoms with Crippen LogP contribution >= 0.6 is 11.3 Å². The number of nitrogens with one attached hydrogen (secondary N) is 1. The Labute approximate surface area is 128 Å². The van der Waals surface area contributed by atoms with Crippen molar-refractivity contribution in [1.82, 2.24) is 20.1 Å². The Morgan fingerprint density at radius 1 is 1.29 bits per heavy atom. The first-order valence-electron chi connectivity index (χ1n) is 6.92. The van der Waals surface area contributed by atoms with Gasteiger partial charge in [0, 0.05) is 42.2 Å². The highest BCUT2D eigenvalue weighted by atomic mass is 32.1. The lowest BCUT2D eigenvalue weighted by atomic mass is 10.1. The maximum atomic E-state index is 4.75. The summed E-state index contributed by atoms with van der Waals surface area (Å²) in [6, 6.07) is 10.5. The number of aromatic nitrogens is 3. The van der Waals surface area contributed by atoms with Gasteiger partial charge in [0.2, 0.25) is 0 Å². The van der Waals surface area contributed by atoms with E-state index in [-0.39, 0.29) is 6.04 Å². The lowest BCUT2D eigenvalue weighted by Crippen LogP contribution is -2.18. The molecule has 0 aliphatic heterocycles. The van der Waals surface area contributed by atoms with Crippen LogP contribution in [-0.2, 0) is 13.5 Å². The van der Waals surface area contributed by atoms with Crippen molar-refractivity contribution in [2.75, 3.05) is 7.05 Å². The van der Waals surface area contributed by atoms with Crippen molar-refractivity contribution in [2.24, 2.45) is 7.05 Å². The largest absolute Gasteiger partial charge is 0.313 e. The molecule has 0 spiro atoms. The fourth-order valence-corrected chi connectivity index (χ4v) is 3.18. The fourth-order valence-electron chi connectivity index (χ4n) is 2.33. The van der Waals surface area contributed by atoms with Gasteiger partial charge in [0.1, 0.15) is 0 Å². The van der Waals surface area contributed by atoms with Gasteiger partial charge in [-0.2, -0.15) is 5.10 Å². The number of nitrogens with zero attached hydrogens (tertiary/aromatic N) is 3. The molecule has 0 saturated heterocycles. The number of hydrogen-bond donors (Lipinski definition) is 1. The van der Waals surface area contributed by atoms with Gasteiger partial charge in [-0.1, -0.05) is 30.3 Å². The van der Waals surface area contributed by atoms with Crippen molar-refractivity contribution in [3.63, 3.8) is 0 Å². The van der Waals surface area contributed by atoms with Crippen LogP contribution in [0.2, 0.25) is 0 Å². The van der Waals surface area contributed by atoms with E-state index in [2.05, 4.69) is 27.9 Å². The summed E-state index contributed by atoms with van der Waals surface area (Å²) in [7, 11) is 3.91. The van der Waals surface area contributed by atoms with Crippen LogP contribution in [0.3, 0.4) is 0 Å². The number of aryl methyl sites for hydroxylation is 1. The number of likely N-dealkylation sites (N-methyl/N-ethyl adjacent to an activating group) is 1. The zero-order valence-electron chi connectivity index (χ0n) is 12.2. The van der Waals surface area contributed by atoms with Crippen molar-refractivity contribution in [2.45, 2.75) is 12.5 Å². The maximum absolute atomic E-state index is 4.75. The molecule has 3 aromatic rings. The molecular weight excluding hydrogens is 280 g/mol. The quantitative estimate of drug-likeness (QED) is 0.787. The van der Waals surface area contributed by atoms with Gasteiger partial charge >= 0.3 is 0 Å². The van der Waals surface area contributed by atoms with Crippen molar-refractivity contribution in [3.05, 3.63) is 58.7 Å². The van der Waals surface area contributed by atoms with Crippen LogP contribution in [0.15, 0.2) is 48.1 Å². The van der Waals surface area contributed by atoms with E-state index in [1.165, 1.54) is 11.1 Å². The minimum Gasteiger partial charge on any atom is -0.313 e. The van der Waals surface area contributed by atoms with Gasteiger partial charge < -0.3 is 5.32 Å². The first-order chi connectivity index (χ1) is 10.3. The van der Waals surface area contributed by atoms with Crippen LogP contribution in [0.25, 0.3) is 11.3 Å². The van der Waals surface area contributed by atoms with Crippen LogP contribution < -0.4 is 5.32 Å². The first-order valence-corrected chi connectivity index (χ1v) is 7.80. The molecular formula is C16H18N4S. The average Bonchev–Trinajstić information content (AvgIpc) is 3.15. The van der Waals surface area contributed by atoms with Gasteiger partial charge in [0.15, 0.2) is 0 Å².